The molecule has 0 aliphatic carbocycles. The van der Waals surface area contributed by atoms with Crippen LogP contribution < -0.4 is 9.47 Å². The lowest BCUT2D eigenvalue weighted by molar-refractivity contribution is -0.150. The van der Waals surface area contributed by atoms with Gasteiger partial charge in [0.15, 0.2) is 11.5 Å². The lowest BCUT2D eigenvalue weighted by Crippen LogP contribution is -2.42. The van der Waals surface area contributed by atoms with E-state index in [1.807, 2.05) is 6.92 Å². The molecule has 11 heteroatoms. The molecule has 7 nitrogen and oxygen atoms in total. The highest BCUT2D eigenvalue weighted by Gasteiger charge is 2.41. The van der Waals surface area contributed by atoms with Gasteiger partial charge in [-0.05, 0) is 74.0 Å². The Morgan fingerprint density at radius 3 is 2.43 bits per heavy atom. The smallest absolute Gasteiger partial charge is 0.329 e. The van der Waals surface area contributed by atoms with Gasteiger partial charge in [-0.2, -0.15) is 0 Å². The van der Waals surface area contributed by atoms with Crippen molar-refractivity contribution in [3.63, 3.8) is 0 Å². The number of amides is 2. The first-order chi connectivity index (χ1) is 16.7. The van der Waals surface area contributed by atoms with Gasteiger partial charge in [0.25, 0.3) is 11.1 Å². The Hall–Kier alpha value is -2.39. The minimum absolute atomic E-state index is 0.146. The molecule has 1 fully saturated rings. The third-order valence-corrected chi connectivity index (χ3v) is 6.74. The van der Waals surface area contributed by atoms with Gasteiger partial charge in [-0.25, -0.2) is 4.79 Å². The standard InChI is InChI=1S/C24H22Cl3NO6S/c1-4-32-19-10-15(9-18(27)21(19)34-12-14-6-7-16(25)17(26)8-14)11-20-22(29)28(24(31)35-20)13(3)23(30)33-5-2/h6-11,13H,4-5,12H2,1-3H3/b20-11+/t13-/m1/s1. The summed E-state index contributed by atoms with van der Waals surface area (Å²) < 4.78 is 16.5. The Morgan fingerprint density at radius 2 is 1.77 bits per heavy atom. The van der Waals surface area contributed by atoms with Gasteiger partial charge in [0.1, 0.15) is 12.6 Å². The molecule has 2 amide bonds. The Balaban J connectivity index is 1.85. The SMILES string of the molecule is CCOC(=O)[C@@H](C)N1C(=O)S/C(=C/c2cc(Cl)c(OCc3ccc(Cl)c(Cl)c3)c(OCC)c2)C1=O. The molecule has 0 spiro atoms. The highest BCUT2D eigenvalue weighted by atomic mass is 35.5. The summed E-state index contributed by atoms with van der Waals surface area (Å²) in [5.74, 6) is -0.554. The molecule has 0 saturated carbocycles. The van der Waals surface area contributed by atoms with Crippen LogP contribution in [-0.4, -0.2) is 41.3 Å². The van der Waals surface area contributed by atoms with Gasteiger partial charge >= 0.3 is 5.97 Å². The maximum atomic E-state index is 12.8. The number of nitrogens with zero attached hydrogens (tertiary/aromatic N) is 1. The third kappa shape index (κ3) is 6.44. The Bertz CT molecular complexity index is 1190. The average molecular weight is 559 g/mol. The third-order valence-electron chi connectivity index (χ3n) is 4.84. The number of hydrogen-bond acceptors (Lipinski definition) is 7. The first-order valence-electron chi connectivity index (χ1n) is 10.6. The summed E-state index contributed by atoms with van der Waals surface area (Å²) in [6.45, 7) is 5.56. The number of ether oxygens (including phenoxy) is 3. The van der Waals surface area contributed by atoms with Crippen LogP contribution in [0.3, 0.4) is 0 Å². The van der Waals surface area contributed by atoms with Crippen LogP contribution in [0.4, 0.5) is 4.79 Å². The first-order valence-corrected chi connectivity index (χ1v) is 12.6. The predicted octanol–water partition coefficient (Wildman–Crippen LogP) is 6.61. The molecular formula is C24H22Cl3NO6S. The van der Waals surface area contributed by atoms with Crippen molar-refractivity contribution in [1.82, 2.24) is 4.90 Å². The van der Waals surface area contributed by atoms with Crippen LogP contribution in [0.25, 0.3) is 6.08 Å². The van der Waals surface area contributed by atoms with Crippen molar-refractivity contribution in [3.8, 4) is 11.5 Å². The minimum atomic E-state index is -1.03. The van der Waals surface area contributed by atoms with Gasteiger partial charge in [-0.3, -0.25) is 14.5 Å². The summed E-state index contributed by atoms with van der Waals surface area (Å²) in [4.78, 5) is 38.3. The van der Waals surface area contributed by atoms with Crippen molar-refractivity contribution in [2.24, 2.45) is 0 Å². The van der Waals surface area contributed by atoms with E-state index in [1.54, 1.807) is 37.3 Å². The van der Waals surface area contributed by atoms with Crippen LogP contribution in [0, 0.1) is 0 Å². The highest BCUT2D eigenvalue weighted by Crippen LogP contribution is 2.40. The summed E-state index contributed by atoms with van der Waals surface area (Å²) in [5, 5.41) is 0.542. The predicted molar refractivity (Wildman–Crippen MR) is 137 cm³/mol. The van der Waals surface area contributed by atoms with E-state index in [-0.39, 0.29) is 23.1 Å². The van der Waals surface area contributed by atoms with Crippen LogP contribution in [-0.2, 0) is 20.9 Å². The number of carbonyl (C=O) groups excluding carboxylic acids is 3. The molecule has 186 valence electrons. The summed E-state index contributed by atoms with van der Waals surface area (Å²) in [7, 11) is 0. The molecule has 35 heavy (non-hydrogen) atoms. The van der Waals surface area contributed by atoms with Gasteiger partial charge in [-0.1, -0.05) is 40.9 Å². The number of halogens is 3. The van der Waals surface area contributed by atoms with E-state index in [1.165, 1.54) is 13.0 Å². The van der Waals surface area contributed by atoms with Crippen LogP contribution in [0.15, 0.2) is 35.2 Å². The van der Waals surface area contributed by atoms with Gasteiger partial charge in [0.05, 0.1) is 33.2 Å². The van der Waals surface area contributed by atoms with Crippen molar-refractivity contribution in [2.45, 2.75) is 33.4 Å². The number of benzene rings is 2. The molecule has 0 radical (unpaired) electrons. The number of imide groups is 1. The monoisotopic (exact) mass is 557 g/mol. The fourth-order valence-corrected chi connectivity index (χ4v) is 4.70. The zero-order chi connectivity index (χ0) is 25.7. The van der Waals surface area contributed by atoms with Crippen LogP contribution in [0.2, 0.25) is 15.1 Å². The number of rotatable bonds is 9. The van der Waals surface area contributed by atoms with Crippen LogP contribution in [0.1, 0.15) is 31.9 Å². The number of hydrogen-bond donors (Lipinski definition) is 0. The molecule has 1 aliphatic heterocycles. The fraction of sp³-hybridized carbons (Fsp3) is 0.292. The van der Waals surface area contributed by atoms with E-state index in [2.05, 4.69) is 0 Å². The minimum Gasteiger partial charge on any atom is -0.490 e. The van der Waals surface area contributed by atoms with Crippen molar-refractivity contribution >= 4 is 69.8 Å². The molecule has 3 rings (SSSR count). The van der Waals surface area contributed by atoms with Crippen molar-refractivity contribution in [1.29, 1.82) is 0 Å². The number of thioether (sulfide) groups is 1. The molecular weight excluding hydrogens is 537 g/mol. The van der Waals surface area contributed by atoms with Crippen molar-refractivity contribution in [3.05, 3.63) is 61.4 Å². The van der Waals surface area contributed by atoms with Crippen LogP contribution in [0.5, 0.6) is 11.5 Å². The zero-order valence-corrected chi connectivity index (χ0v) is 22.2. The summed E-state index contributed by atoms with van der Waals surface area (Å²) in [5.41, 5.74) is 1.31. The molecule has 0 unspecified atom stereocenters. The Morgan fingerprint density at radius 1 is 1.03 bits per heavy atom. The van der Waals surface area contributed by atoms with E-state index in [0.29, 0.717) is 33.7 Å². The van der Waals surface area contributed by atoms with Gasteiger partial charge < -0.3 is 14.2 Å². The normalized spacial score (nSPS) is 15.5. The van der Waals surface area contributed by atoms with Crippen molar-refractivity contribution < 1.29 is 28.6 Å². The number of carbonyl (C=O) groups is 3. The van der Waals surface area contributed by atoms with Gasteiger partial charge in [0.2, 0.25) is 0 Å². The topological polar surface area (TPSA) is 82.1 Å². The van der Waals surface area contributed by atoms with E-state index >= 15 is 0 Å². The summed E-state index contributed by atoms with van der Waals surface area (Å²) in [6.07, 6.45) is 1.51. The second-order valence-electron chi connectivity index (χ2n) is 7.28. The second kappa shape index (κ2) is 12.0. The molecule has 1 aliphatic rings. The summed E-state index contributed by atoms with van der Waals surface area (Å²) >= 11 is 19.2. The molecule has 1 saturated heterocycles. The van der Waals surface area contributed by atoms with E-state index in [4.69, 9.17) is 49.0 Å². The Kier molecular flexibility index (Phi) is 9.35. The quantitative estimate of drug-likeness (QED) is 0.253. The van der Waals surface area contributed by atoms with Gasteiger partial charge in [-0.15, -0.1) is 0 Å². The molecule has 2 aromatic rings. The zero-order valence-electron chi connectivity index (χ0n) is 19.1. The molecule has 2 aromatic carbocycles. The molecule has 0 N–H and O–H groups in total. The lowest BCUT2D eigenvalue weighted by Gasteiger charge is -2.19. The van der Waals surface area contributed by atoms with Crippen LogP contribution >= 0.6 is 46.6 Å². The molecule has 0 aromatic heterocycles. The van der Waals surface area contributed by atoms with E-state index < -0.39 is 23.2 Å². The second-order valence-corrected chi connectivity index (χ2v) is 9.49. The maximum Gasteiger partial charge on any atom is 0.329 e. The Labute approximate surface area is 222 Å². The molecule has 0 bridgehead atoms. The van der Waals surface area contributed by atoms with E-state index in [9.17, 15) is 14.4 Å². The largest absolute Gasteiger partial charge is 0.490 e. The molecule has 1 heterocycles. The van der Waals surface area contributed by atoms with E-state index in [0.717, 1.165) is 22.2 Å². The highest BCUT2D eigenvalue weighted by molar-refractivity contribution is 8.18. The number of esters is 1. The first kappa shape index (κ1) is 27.2. The fourth-order valence-electron chi connectivity index (χ4n) is 3.19. The average Bonchev–Trinajstić information content (AvgIpc) is 3.08. The molecule has 1 atom stereocenters. The van der Waals surface area contributed by atoms with Crippen molar-refractivity contribution in [2.75, 3.05) is 13.2 Å². The summed E-state index contributed by atoms with van der Waals surface area (Å²) in [6, 6.07) is 7.36. The maximum absolute atomic E-state index is 12.8. The van der Waals surface area contributed by atoms with Gasteiger partial charge in [0, 0.05) is 0 Å². The lowest BCUT2D eigenvalue weighted by atomic mass is 10.1.